The molecule has 2 N–H and O–H groups in total. The number of amides is 4. The molecule has 0 aromatic heterocycles. The number of nitrogens with one attached hydrogen (secondary N) is 2. The molecule has 26 heavy (non-hydrogen) atoms. The second-order valence-corrected chi connectivity index (χ2v) is 7.84. The Kier molecular flexibility index (Phi) is 8.19. The van der Waals surface area contributed by atoms with Crippen molar-refractivity contribution in [2.45, 2.75) is 64.8 Å². The lowest BCUT2D eigenvalue weighted by molar-refractivity contribution is -0.139. The Morgan fingerprint density at radius 1 is 0.923 bits per heavy atom. The number of nitrogens with zero attached hydrogens (tertiary/aromatic N) is 2. The number of rotatable bonds is 6. The summed E-state index contributed by atoms with van der Waals surface area (Å²) in [5.41, 5.74) is 0. The summed E-state index contributed by atoms with van der Waals surface area (Å²) in [7, 11) is 0. The normalized spacial score (nSPS) is 18.7. The van der Waals surface area contributed by atoms with Crippen LogP contribution in [-0.4, -0.2) is 66.4 Å². The van der Waals surface area contributed by atoms with E-state index in [1.54, 1.807) is 4.90 Å². The molecule has 1 saturated carbocycles. The van der Waals surface area contributed by atoms with Gasteiger partial charge in [-0.1, -0.05) is 33.1 Å². The van der Waals surface area contributed by atoms with Crippen LogP contribution >= 0.6 is 0 Å². The molecule has 0 aromatic rings. The molecule has 7 nitrogen and oxygen atoms in total. The molecule has 148 valence electrons. The quantitative estimate of drug-likeness (QED) is 0.751. The van der Waals surface area contributed by atoms with E-state index in [9.17, 15) is 14.4 Å². The average molecular weight is 367 g/mol. The van der Waals surface area contributed by atoms with Crippen molar-refractivity contribution < 1.29 is 14.4 Å². The summed E-state index contributed by atoms with van der Waals surface area (Å²) >= 11 is 0. The van der Waals surface area contributed by atoms with E-state index in [0.29, 0.717) is 51.5 Å². The molecule has 0 spiro atoms. The van der Waals surface area contributed by atoms with Gasteiger partial charge < -0.3 is 20.4 Å². The topological polar surface area (TPSA) is 81.8 Å². The fourth-order valence-electron chi connectivity index (χ4n) is 3.61. The molecule has 0 bridgehead atoms. The minimum atomic E-state index is -0.172. The Balaban J connectivity index is 1.60. The predicted octanol–water partition coefficient (Wildman–Crippen LogP) is 1.73. The summed E-state index contributed by atoms with van der Waals surface area (Å²) in [5.74, 6) is 0.570. The number of piperazine rings is 1. The Hall–Kier alpha value is -1.79. The van der Waals surface area contributed by atoms with Gasteiger partial charge in [-0.2, -0.15) is 0 Å². The lowest BCUT2D eigenvalue weighted by Gasteiger charge is -2.35. The Labute approximate surface area is 156 Å². The summed E-state index contributed by atoms with van der Waals surface area (Å²) in [6, 6.07) is 0.102. The maximum absolute atomic E-state index is 12.3. The molecule has 0 unspecified atom stereocenters. The fraction of sp³-hybridized carbons (Fsp3) is 0.842. The summed E-state index contributed by atoms with van der Waals surface area (Å²) in [4.78, 5) is 39.9. The number of urea groups is 1. The van der Waals surface area contributed by atoms with Gasteiger partial charge in [0.15, 0.2) is 0 Å². The van der Waals surface area contributed by atoms with Gasteiger partial charge in [-0.05, 0) is 18.8 Å². The second-order valence-electron chi connectivity index (χ2n) is 7.84. The molecule has 4 amide bonds. The number of hydrogen-bond acceptors (Lipinski definition) is 3. The highest BCUT2D eigenvalue weighted by atomic mass is 16.2. The van der Waals surface area contributed by atoms with Crippen molar-refractivity contribution >= 4 is 17.8 Å². The van der Waals surface area contributed by atoms with Gasteiger partial charge in [0.2, 0.25) is 11.8 Å². The minimum Gasteiger partial charge on any atom is -0.339 e. The molecule has 7 heteroatoms. The molecule has 1 aliphatic carbocycles. The van der Waals surface area contributed by atoms with Crippen LogP contribution in [0, 0.1) is 5.92 Å². The monoisotopic (exact) mass is 366 g/mol. The van der Waals surface area contributed by atoms with Crippen molar-refractivity contribution in [3.05, 3.63) is 0 Å². The van der Waals surface area contributed by atoms with E-state index in [1.165, 1.54) is 19.3 Å². The highest BCUT2D eigenvalue weighted by Gasteiger charge is 2.24. The Morgan fingerprint density at radius 2 is 1.50 bits per heavy atom. The van der Waals surface area contributed by atoms with Crippen molar-refractivity contribution in [3.63, 3.8) is 0 Å². The third-order valence-corrected chi connectivity index (χ3v) is 5.13. The predicted molar refractivity (Wildman–Crippen MR) is 101 cm³/mol. The lowest BCUT2D eigenvalue weighted by Crippen LogP contribution is -2.51. The molecule has 1 aliphatic heterocycles. The van der Waals surface area contributed by atoms with Gasteiger partial charge in [0.25, 0.3) is 0 Å². The largest absolute Gasteiger partial charge is 0.339 e. The standard InChI is InChI=1S/C19H34N4O3/c1-15(2)14-18(25)23-12-10-22(11-13-23)17(24)8-9-20-19(26)21-16-6-4-3-5-7-16/h15-16H,3-14H2,1-2H3,(H2,20,21,26). The van der Waals surface area contributed by atoms with E-state index in [2.05, 4.69) is 10.6 Å². The molecule has 2 fully saturated rings. The van der Waals surface area contributed by atoms with Crippen molar-refractivity contribution in [3.8, 4) is 0 Å². The van der Waals surface area contributed by atoms with Gasteiger partial charge in [-0.3, -0.25) is 9.59 Å². The zero-order chi connectivity index (χ0) is 18.9. The van der Waals surface area contributed by atoms with Crippen LogP contribution in [-0.2, 0) is 9.59 Å². The average Bonchev–Trinajstić information content (AvgIpc) is 2.62. The highest BCUT2D eigenvalue weighted by molar-refractivity contribution is 5.79. The zero-order valence-corrected chi connectivity index (χ0v) is 16.3. The summed E-state index contributed by atoms with van der Waals surface area (Å²) in [6.45, 7) is 6.79. The number of carbonyl (C=O) groups is 3. The second kappa shape index (κ2) is 10.4. The maximum Gasteiger partial charge on any atom is 0.315 e. The summed E-state index contributed by atoms with van der Waals surface area (Å²) in [5, 5.41) is 5.77. The fourth-order valence-corrected chi connectivity index (χ4v) is 3.61. The summed E-state index contributed by atoms with van der Waals surface area (Å²) < 4.78 is 0. The van der Waals surface area contributed by atoms with Crippen molar-refractivity contribution in [1.29, 1.82) is 0 Å². The molecule has 1 saturated heterocycles. The highest BCUT2D eigenvalue weighted by Crippen LogP contribution is 2.17. The Bertz CT molecular complexity index is 481. The van der Waals surface area contributed by atoms with Crippen molar-refractivity contribution in [2.75, 3.05) is 32.7 Å². The van der Waals surface area contributed by atoms with Gasteiger partial charge in [0.05, 0.1) is 0 Å². The zero-order valence-electron chi connectivity index (χ0n) is 16.3. The van der Waals surface area contributed by atoms with E-state index < -0.39 is 0 Å². The van der Waals surface area contributed by atoms with Crippen LogP contribution < -0.4 is 10.6 Å². The molecule has 2 rings (SSSR count). The van der Waals surface area contributed by atoms with Crippen LogP contribution in [0.5, 0.6) is 0 Å². The van der Waals surface area contributed by atoms with Crippen molar-refractivity contribution in [2.24, 2.45) is 5.92 Å². The Morgan fingerprint density at radius 3 is 2.08 bits per heavy atom. The van der Waals surface area contributed by atoms with Crippen LogP contribution in [0.2, 0.25) is 0 Å². The summed E-state index contributed by atoms with van der Waals surface area (Å²) in [6.07, 6.45) is 6.57. The molecular formula is C19H34N4O3. The van der Waals surface area contributed by atoms with Crippen LogP contribution in [0.4, 0.5) is 4.79 Å². The molecule has 0 atom stereocenters. The molecule has 1 heterocycles. The van der Waals surface area contributed by atoms with Gasteiger partial charge in [-0.15, -0.1) is 0 Å². The third kappa shape index (κ3) is 6.84. The van der Waals surface area contributed by atoms with E-state index in [1.807, 2.05) is 18.7 Å². The lowest BCUT2D eigenvalue weighted by atomic mass is 9.96. The SMILES string of the molecule is CC(C)CC(=O)N1CCN(C(=O)CCNC(=O)NC2CCCCC2)CC1. The molecule has 0 radical (unpaired) electrons. The molecule has 0 aromatic carbocycles. The van der Waals surface area contributed by atoms with Gasteiger partial charge >= 0.3 is 6.03 Å². The number of hydrogen-bond donors (Lipinski definition) is 2. The molecule has 2 aliphatic rings. The first-order chi connectivity index (χ1) is 12.5. The van der Waals surface area contributed by atoms with E-state index in [0.717, 1.165) is 12.8 Å². The van der Waals surface area contributed by atoms with Gasteiger partial charge in [-0.25, -0.2) is 4.79 Å². The van der Waals surface area contributed by atoms with Gasteiger partial charge in [0, 0.05) is 51.6 Å². The van der Waals surface area contributed by atoms with Crippen LogP contribution in [0.15, 0.2) is 0 Å². The first kappa shape index (κ1) is 20.5. The maximum atomic E-state index is 12.3. The van der Waals surface area contributed by atoms with Crippen LogP contribution in [0.3, 0.4) is 0 Å². The van der Waals surface area contributed by atoms with E-state index >= 15 is 0 Å². The minimum absolute atomic E-state index is 0.0407. The van der Waals surface area contributed by atoms with Crippen LogP contribution in [0.25, 0.3) is 0 Å². The van der Waals surface area contributed by atoms with Crippen molar-refractivity contribution in [1.82, 2.24) is 20.4 Å². The smallest absolute Gasteiger partial charge is 0.315 e. The third-order valence-electron chi connectivity index (χ3n) is 5.13. The molecular weight excluding hydrogens is 332 g/mol. The van der Waals surface area contributed by atoms with E-state index in [-0.39, 0.29) is 23.9 Å². The van der Waals surface area contributed by atoms with Gasteiger partial charge in [0.1, 0.15) is 0 Å². The first-order valence-electron chi connectivity index (χ1n) is 10.1. The number of carbonyl (C=O) groups excluding carboxylic acids is 3. The van der Waals surface area contributed by atoms with E-state index in [4.69, 9.17) is 0 Å². The van der Waals surface area contributed by atoms with Crippen LogP contribution in [0.1, 0.15) is 58.8 Å². The first-order valence-corrected chi connectivity index (χ1v) is 10.1.